The minimum atomic E-state index is -0.375. The summed E-state index contributed by atoms with van der Waals surface area (Å²) in [6.07, 6.45) is 3.16. The van der Waals surface area contributed by atoms with Gasteiger partial charge in [0.2, 0.25) is 11.8 Å². The van der Waals surface area contributed by atoms with E-state index in [1.54, 1.807) is 36.7 Å². The molecule has 0 aliphatic carbocycles. The topological polar surface area (TPSA) is 115 Å². The van der Waals surface area contributed by atoms with Crippen molar-refractivity contribution in [2.24, 2.45) is 5.73 Å². The number of rotatable bonds is 5. The molecule has 0 spiro atoms. The molecule has 0 aliphatic heterocycles. The van der Waals surface area contributed by atoms with Crippen LogP contribution in [0.15, 0.2) is 36.7 Å². The van der Waals surface area contributed by atoms with Gasteiger partial charge in [0.05, 0.1) is 31.2 Å². The standard InChI is InChI=1S/C12H14N6O2/c13-7-11(19)14-8-12(20)17-9-1-3-10(4-2-9)18-15-5-6-16-18/h1-6H,7-8,13H2,(H,14,19)(H,17,20). The van der Waals surface area contributed by atoms with E-state index < -0.39 is 0 Å². The Morgan fingerprint density at radius 3 is 2.35 bits per heavy atom. The lowest BCUT2D eigenvalue weighted by Gasteiger charge is -2.07. The van der Waals surface area contributed by atoms with Gasteiger partial charge in [-0.25, -0.2) is 0 Å². The molecule has 0 atom stereocenters. The Morgan fingerprint density at radius 1 is 1.10 bits per heavy atom. The Balaban J connectivity index is 1.90. The molecule has 1 aromatic heterocycles. The van der Waals surface area contributed by atoms with Gasteiger partial charge < -0.3 is 16.4 Å². The highest BCUT2D eigenvalue weighted by atomic mass is 16.2. The molecule has 104 valence electrons. The quantitative estimate of drug-likeness (QED) is 0.665. The van der Waals surface area contributed by atoms with Crippen LogP contribution in [0, 0.1) is 0 Å². The van der Waals surface area contributed by atoms with E-state index in [9.17, 15) is 9.59 Å². The molecule has 1 heterocycles. The number of nitrogens with two attached hydrogens (primary N) is 1. The van der Waals surface area contributed by atoms with Crippen LogP contribution in [0.5, 0.6) is 0 Å². The van der Waals surface area contributed by atoms with Crippen LogP contribution in [0.2, 0.25) is 0 Å². The molecule has 20 heavy (non-hydrogen) atoms. The molecular weight excluding hydrogens is 260 g/mol. The van der Waals surface area contributed by atoms with E-state index in [2.05, 4.69) is 20.8 Å². The first-order chi connectivity index (χ1) is 9.69. The van der Waals surface area contributed by atoms with Gasteiger partial charge in [-0.3, -0.25) is 9.59 Å². The van der Waals surface area contributed by atoms with E-state index in [4.69, 9.17) is 5.73 Å². The minimum Gasteiger partial charge on any atom is -0.346 e. The number of amides is 2. The lowest BCUT2D eigenvalue weighted by Crippen LogP contribution is -2.36. The van der Waals surface area contributed by atoms with E-state index in [1.807, 2.05) is 0 Å². The van der Waals surface area contributed by atoms with Gasteiger partial charge in [0.25, 0.3) is 0 Å². The molecule has 0 aliphatic rings. The maximum atomic E-state index is 11.5. The van der Waals surface area contributed by atoms with Crippen molar-refractivity contribution < 1.29 is 9.59 Å². The predicted molar refractivity (Wildman–Crippen MR) is 72.1 cm³/mol. The van der Waals surface area contributed by atoms with Crippen molar-refractivity contribution in [2.45, 2.75) is 0 Å². The summed E-state index contributed by atoms with van der Waals surface area (Å²) in [6.45, 7) is -0.253. The molecule has 0 saturated carbocycles. The van der Waals surface area contributed by atoms with E-state index in [-0.39, 0.29) is 24.9 Å². The lowest BCUT2D eigenvalue weighted by molar-refractivity contribution is -0.123. The van der Waals surface area contributed by atoms with Crippen molar-refractivity contribution >= 4 is 17.5 Å². The Bertz CT molecular complexity index is 579. The molecule has 8 nitrogen and oxygen atoms in total. The van der Waals surface area contributed by atoms with Gasteiger partial charge >= 0.3 is 0 Å². The first kappa shape index (κ1) is 13.7. The number of hydrogen-bond acceptors (Lipinski definition) is 5. The average Bonchev–Trinajstić information content (AvgIpc) is 2.99. The van der Waals surface area contributed by atoms with Gasteiger partial charge in [-0.05, 0) is 24.3 Å². The van der Waals surface area contributed by atoms with Gasteiger partial charge in [-0.2, -0.15) is 15.0 Å². The molecule has 0 radical (unpaired) electrons. The van der Waals surface area contributed by atoms with Crippen LogP contribution >= 0.6 is 0 Å². The zero-order chi connectivity index (χ0) is 14.4. The van der Waals surface area contributed by atoms with Crippen molar-refractivity contribution in [3.05, 3.63) is 36.7 Å². The second-order valence-electron chi connectivity index (χ2n) is 3.89. The molecule has 0 saturated heterocycles. The summed E-state index contributed by atoms with van der Waals surface area (Å²) in [5.41, 5.74) is 6.52. The van der Waals surface area contributed by atoms with Crippen LogP contribution in [0.3, 0.4) is 0 Å². The number of hydrogen-bond donors (Lipinski definition) is 3. The van der Waals surface area contributed by atoms with Crippen molar-refractivity contribution in [1.82, 2.24) is 20.3 Å². The summed E-state index contributed by atoms with van der Waals surface area (Å²) in [5, 5.41) is 13.0. The summed E-state index contributed by atoms with van der Waals surface area (Å²) < 4.78 is 0. The van der Waals surface area contributed by atoms with Crippen LogP contribution in [0.1, 0.15) is 0 Å². The smallest absolute Gasteiger partial charge is 0.243 e. The second kappa shape index (κ2) is 6.43. The number of aromatic nitrogens is 3. The Kier molecular flexibility index (Phi) is 4.40. The lowest BCUT2D eigenvalue weighted by atomic mass is 10.3. The summed E-state index contributed by atoms with van der Waals surface area (Å²) in [4.78, 5) is 23.9. The molecule has 2 amide bonds. The number of benzene rings is 1. The molecule has 1 aromatic carbocycles. The zero-order valence-electron chi connectivity index (χ0n) is 10.6. The molecule has 8 heteroatoms. The fraction of sp³-hybridized carbons (Fsp3) is 0.167. The molecule has 2 rings (SSSR count). The molecule has 0 fully saturated rings. The molecule has 2 aromatic rings. The van der Waals surface area contributed by atoms with Crippen LogP contribution < -0.4 is 16.4 Å². The predicted octanol–water partition coefficient (Wildman–Crippen LogP) is -0.719. The summed E-state index contributed by atoms with van der Waals surface area (Å²) in [7, 11) is 0. The number of anilines is 1. The number of nitrogens with zero attached hydrogens (tertiary/aromatic N) is 3. The summed E-state index contributed by atoms with van der Waals surface area (Å²) in [5.74, 6) is -0.697. The third kappa shape index (κ3) is 3.62. The fourth-order valence-corrected chi connectivity index (χ4v) is 1.48. The molecular formula is C12H14N6O2. The Morgan fingerprint density at radius 2 is 1.75 bits per heavy atom. The van der Waals surface area contributed by atoms with Gasteiger partial charge in [-0.15, -0.1) is 0 Å². The number of nitrogens with one attached hydrogen (secondary N) is 2. The first-order valence-electron chi connectivity index (χ1n) is 5.92. The van der Waals surface area contributed by atoms with Gasteiger partial charge in [0.1, 0.15) is 0 Å². The van der Waals surface area contributed by atoms with Crippen LogP contribution in [-0.4, -0.2) is 39.9 Å². The third-order valence-corrected chi connectivity index (χ3v) is 2.43. The average molecular weight is 274 g/mol. The number of carbonyl (C=O) groups excluding carboxylic acids is 2. The van der Waals surface area contributed by atoms with Crippen molar-refractivity contribution in [2.75, 3.05) is 18.4 Å². The van der Waals surface area contributed by atoms with Crippen molar-refractivity contribution in [1.29, 1.82) is 0 Å². The highest BCUT2D eigenvalue weighted by molar-refractivity contribution is 5.94. The highest BCUT2D eigenvalue weighted by Crippen LogP contribution is 2.11. The zero-order valence-corrected chi connectivity index (χ0v) is 10.6. The van der Waals surface area contributed by atoms with E-state index in [0.29, 0.717) is 5.69 Å². The Hall–Kier alpha value is -2.74. The fourth-order valence-electron chi connectivity index (χ4n) is 1.48. The van der Waals surface area contributed by atoms with Gasteiger partial charge in [0.15, 0.2) is 0 Å². The van der Waals surface area contributed by atoms with Crippen LogP contribution in [0.4, 0.5) is 5.69 Å². The number of carbonyl (C=O) groups is 2. The highest BCUT2D eigenvalue weighted by Gasteiger charge is 2.05. The van der Waals surface area contributed by atoms with Gasteiger partial charge in [0, 0.05) is 5.69 Å². The van der Waals surface area contributed by atoms with Crippen molar-refractivity contribution in [3.63, 3.8) is 0 Å². The third-order valence-electron chi connectivity index (χ3n) is 2.43. The normalized spacial score (nSPS) is 10.1. The second-order valence-corrected chi connectivity index (χ2v) is 3.89. The maximum Gasteiger partial charge on any atom is 0.243 e. The molecule has 4 N–H and O–H groups in total. The minimum absolute atomic E-state index is 0.113. The van der Waals surface area contributed by atoms with E-state index in [0.717, 1.165) is 5.69 Å². The van der Waals surface area contributed by atoms with Crippen molar-refractivity contribution in [3.8, 4) is 5.69 Å². The first-order valence-corrected chi connectivity index (χ1v) is 5.92. The monoisotopic (exact) mass is 274 g/mol. The summed E-state index contributed by atoms with van der Waals surface area (Å²) >= 11 is 0. The van der Waals surface area contributed by atoms with Crippen LogP contribution in [-0.2, 0) is 9.59 Å². The largest absolute Gasteiger partial charge is 0.346 e. The van der Waals surface area contributed by atoms with Gasteiger partial charge in [-0.1, -0.05) is 0 Å². The SMILES string of the molecule is NCC(=O)NCC(=O)Nc1ccc(-n2nccn2)cc1. The Labute approximate surface area is 115 Å². The maximum absolute atomic E-state index is 11.5. The van der Waals surface area contributed by atoms with E-state index >= 15 is 0 Å². The van der Waals surface area contributed by atoms with E-state index in [1.165, 1.54) is 4.80 Å². The summed E-state index contributed by atoms with van der Waals surface area (Å²) in [6, 6.07) is 6.99. The molecule has 0 unspecified atom stereocenters. The van der Waals surface area contributed by atoms with Crippen LogP contribution in [0.25, 0.3) is 5.69 Å². The molecule has 0 bridgehead atoms.